The summed E-state index contributed by atoms with van der Waals surface area (Å²) in [4.78, 5) is 13.2. The van der Waals surface area contributed by atoms with Crippen LogP contribution in [0.3, 0.4) is 0 Å². The number of nitrogens with one attached hydrogen (secondary N) is 2. The van der Waals surface area contributed by atoms with Crippen LogP contribution >= 0.6 is 0 Å². The number of amides is 1. The van der Waals surface area contributed by atoms with Crippen LogP contribution in [0.4, 0.5) is 4.39 Å². The molecular weight excluding hydrogens is 347 g/mol. The molecule has 5 nitrogen and oxygen atoms in total. The van der Waals surface area contributed by atoms with Gasteiger partial charge in [-0.25, -0.2) is 4.39 Å². The van der Waals surface area contributed by atoms with Crippen molar-refractivity contribution in [3.63, 3.8) is 0 Å². The van der Waals surface area contributed by atoms with Gasteiger partial charge in [0.1, 0.15) is 5.82 Å². The van der Waals surface area contributed by atoms with Crippen LogP contribution < -0.4 is 19.7 Å². The Kier molecular flexibility index (Phi) is 8.07. The molecule has 6 heteroatoms. The molecule has 1 atom stereocenters. The largest absolute Gasteiger partial charge is 0.493 e. The molecule has 0 spiro atoms. The summed E-state index contributed by atoms with van der Waals surface area (Å²) in [5.41, 5.74) is 1.75. The molecule has 0 fully saturated rings. The average Bonchev–Trinajstić information content (AvgIpc) is 2.67. The minimum atomic E-state index is -0.232. The van der Waals surface area contributed by atoms with E-state index in [1.165, 1.54) is 6.07 Å². The third kappa shape index (κ3) is 6.57. The predicted octanol–water partition coefficient (Wildman–Crippen LogP) is 1.26. The smallest absolute Gasteiger partial charge is 0.275 e. The highest BCUT2D eigenvalue weighted by atomic mass is 19.1. The average molecular weight is 375 g/mol. The maximum absolute atomic E-state index is 13.6. The van der Waals surface area contributed by atoms with Crippen molar-refractivity contribution in [2.45, 2.75) is 12.8 Å². The first-order chi connectivity index (χ1) is 13.0. The van der Waals surface area contributed by atoms with Gasteiger partial charge in [-0.1, -0.05) is 24.3 Å². The lowest BCUT2D eigenvalue weighted by Gasteiger charge is -2.15. The Hall–Kier alpha value is -2.60. The molecule has 0 radical (unpaired) electrons. The molecule has 2 N–H and O–H groups in total. The fourth-order valence-corrected chi connectivity index (χ4v) is 2.86. The van der Waals surface area contributed by atoms with Gasteiger partial charge in [-0.15, -0.1) is 0 Å². The number of hydrogen-bond donors (Lipinski definition) is 2. The van der Waals surface area contributed by atoms with Crippen LogP contribution in [0.2, 0.25) is 0 Å². The van der Waals surface area contributed by atoms with Crippen molar-refractivity contribution in [1.82, 2.24) is 5.32 Å². The molecular formula is C21H28FN2O3+. The van der Waals surface area contributed by atoms with Crippen molar-refractivity contribution in [3.05, 3.63) is 59.4 Å². The van der Waals surface area contributed by atoms with E-state index in [2.05, 4.69) is 5.32 Å². The van der Waals surface area contributed by atoms with E-state index in [0.717, 1.165) is 23.4 Å². The molecule has 0 saturated heterocycles. The number of quaternary nitrogens is 1. The number of carbonyl (C=O) groups is 1. The summed E-state index contributed by atoms with van der Waals surface area (Å²) in [7, 11) is 5.21. The molecule has 0 saturated carbocycles. The Labute approximate surface area is 160 Å². The second-order valence-electron chi connectivity index (χ2n) is 6.51. The highest BCUT2D eigenvalue weighted by molar-refractivity contribution is 5.76. The van der Waals surface area contributed by atoms with Gasteiger partial charge >= 0.3 is 0 Å². The monoisotopic (exact) mass is 375 g/mol. The van der Waals surface area contributed by atoms with Crippen LogP contribution in [0, 0.1) is 5.82 Å². The van der Waals surface area contributed by atoms with Crippen LogP contribution in [0.1, 0.15) is 11.1 Å². The Morgan fingerprint density at radius 1 is 1.07 bits per heavy atom. The molecule has 2 aromatic rings. The van der Waals surface area contributed by atoms with Gasteiger partial charge in [-0.3, -0.25) is 4.79 Å². The fraction of sp³-hybridized carbons (Fsp3) is 0.381. The van der Waals surface area contributed by atoms with Gasteiger partial charge in [0, 0.05) is 13.0 Å². The van der Waals surface area contributed by atoms with E-state index in [9.17, 15) is 9.18 Å². The number of benzene rings is 2. The molecule has 0 heterocycles. The van der Waals surface area contributed by atoms with Crippen molar-refractivity contribution in [2.75, 3.05) is 40.9 Å². The minimum Gasteiger partial charge on any atom is -0.493 e. The molecule has 1 unspecified atom stereocenters. The normalized spacial score (nSPS) is 11.7. The Morgan fingerprint density at radius 2 is 1.81 bits per heavy atom. The molecule has 0 aliphatic carbocycles. The van der Waals surface area contributed by atoms with Crippen molar-refractivity contribution >= 4 is 5.91 Å². The van der Waals surface area contributed by atoms with Crippen LogP contribution in [0.5, 0.6) is 11.5 Å². The summed E-state index contributed by atoms with van der Waals surface area (Å²) < 4.78 is 24.1. The first kappa shape index (κ1) is 20.7. The van der Waals surface area contributed by atoms with Gasteiger partial charge in [-0.05, 0) is 35.7 Å². The van der Waals surface area contributed by atoms with E-state index in [0.29, 0.717) is 36.6 Å². The van der Waals surface area contributed by atoms with Crippen LogP contribution in [-0.2, 0) is 17.6 Å². The molecule has 2 aromatic carbocycles. The number of ether oxygens (including phenoxy) is 2. The molecule has 0 aliphatic heterocycles. The number of rotatable bonds is 10. The van der Waals surface area contributed by atoms with E-state index < -0.39 is 0 Å². The summed E-state index contributed by atoms with van der Waals surface area (Å²) in [5, 5.41) is 2.86. The first-order valence-electron chi connectivity index (χ1n) is 9.05. The van der Waals surface area contributed by atoms with Gasteiger partial charge < -0.3 is 19.7 Å². The Morgan fingerprint density at radius 3 is 2.52 bits per heavy atom. The van der Waals surface area contributed by atoms with E-state index in [-0.39, 0.29) is 11.7 Å². The zero-order valence-corrected chi connectivity index (χ0v) is 16.2. The SMILES string of the molecule is COc1ccc(CC[NH+](C)CC(=O)NCCc2ccccc2F)cc1OC. The zero-order valence-electron chi connectivity index (χ0n) is 16.2. The third-order valence-corrected chi connectivity index (χ3v) is 4.43. The molecule has 2 rings (SSSR count). The molecule has 27 heavy (non-hydrogen) atoms. The van der Waals surface area contributed by atoms with Gasteiger partial charge in [0.05, 0.1) is 27.8 Å². The quantitative estimate of drug-likeness (QED) is 0.657. The highest BCUT2D eigenvalue weighted by Gasteiger charge is 2.11. The summed E-state index contributed by atoms with van der Waals surface area (Å²) in [5.74, 6) is 1.15. The van der Waals surface area contributed by atoms with E-state index in [4.69, 9.17) is 9.47 Å². The topological polar surface area (TPSA) is 52.0 Å². The maximum Gasteiger partial charge on any atom is 0.275 e. The molecule has 0 bridgehead atoms. The van der Waals surface area contributed by atoms with Gasteiger partial charge in [-0.2, -0.15) is 0 Å². The standard InChI is InChI=1S/C21H27FN2O3/c1-24(13-11-16-8-9-19(26-2)20(14-16)27-3)15-21(25)23-12-10-17-6-4-5-7-18(17)22/h4-9,14H,10-13,15H2,1-3H3,(H,23,25)/p+1. The molecule has 0 aliphatic rings. The minimum absolute atomic E-state index is 0.0313. The summed E-state index contributed by atoms with van der Waals surface area (Å²) in [6.45, 7) is 1.63. The predicted molar refractivity (Wildman–Crippen MR) is 103 cm³/mol. The number of hydrogen-bond acceptors (Lipinski definition) is 3. The van der Waals surface area contributed by atoms with Crippen LogP contribution in [-0.4, -0.2) is 46.8 Å². The van der Waals surface area contributed by atoms with Gasteiger partial charge in [0.2, 0.25) is 0 Å². The summed E-state index contributed by atoms with van der Waals surface area (Å²) in [6.07, 6.45) is 1.32. The molecule has 1 amide bonds. The van der Waals surface area contributed by atoms with Crippen molar-refractivity contribution in [1.29, 1.82) is 0 Å². The van der Waals surface area contributed by atoms with Crippen LogP contribution in [0.15, 0.2) is 42.5 Å². The molecule has 146 valence electrons. The van der Waals surface area contributed by atoms with Gasteiger partial charge in [0.15, 0.2) is 18.0 Å². The first-order valence-corrected chi connectivity index (χ1v) is 9.05. The maximum atomic E-state index is 13.6. The van der Waals surface area contributed by atoms with E-state index in [1.807, 2.05) is 25.2 Å². The summed E-state index contributed by atoms with van der Waals surface area (Å²) in [6, 6.07) is 12.5. The third-order valence-electron chi connectivity index (χ3n) is 4.43. The number of carbonyl (C=O) groups excluding carboxylic acids is 1. The fourth-order valence-electron chi connectivity index (χ4n) is 2.86. The second kappa shape index (κ2) is 10.5. The number of halogens is 1. The summed E-state index contributed by atoms with van der Waals surface area (Å²) >= 11 is 0. The lowest BCUT2D eigenvalue weighted by molar-refractivity contribution is -0.871. The van der Waals surface area contributed by atoms with Crippen LogP contribution in [0.25, 0.3) is 0 Å². The second-order valence-corrected chi connectivity index (χ2v) is 6.51. The zero-order chi connectivity index (χ0) is 19.6. The van der Waals surface area contributed by atoms with Crippen molar-refractivity contribution in [3.8, 4) is 11.5 Å². The number of methoxy groups -OCH3 is 2. The van der Waals surface area contributed by atoms with Crippen molar-refractivity contribution < 1.29 is 23.6 Å². The number of likely N-dealkylation sites (N-methyl/N-ethyl adjacent to an activating group) is 1. The van der Waals surface area contributed by atoms with E-state index in [1.54, 1.807) is 32.4 Å². The molecule has 0 aromatic heterocycles. The van der Waals surface area contributed by atoms with Crippen molar-refractivity contribution in [2.24, 2.45) is 0 Å². The van der Waals surface area contributed by atoms with E-state index >= 15 is 0 Å². The highest BCUT2D eigenvalue weighted by Crippen LogP contribution is 2.27. The Bertz CT molecular complexity index is 752. The lowest BCUT2D eigenvalue weighted by atomic mass is 10.1. The van der Waals surface area contributed by atoms with Gasteiger partial charge in [0.25, 0.3) is 5.91 Å². The Balaban J connectivity index is 1.72. The lowest BCUT2D eigenvalue weighted by Crippen LogP contribution is -3.10.